The fourth-order valence-electron chi connectivity index (χ4n) is 2.67. The quantitative estimate of drug-likeness (QED) is 0.608. The summed E-state index contributed by atoms with van der Waals surface area (Å²) in [6.45, 7) is 1.96. The van der Waals surface area contributed by atoms with Crippen LogP contribution >= 0.6 is 0 Å². The van der Waals surface area contributed by atoms with Gasteiger partial charge < -0.3 is 10.6 Å². The van der Waals surface area contributed by atoms with Gasteiger partial charge in [0.15, 0.2) is 0 Å². The van der Waals surface area contributed by atoms with E-state index in [1.807, 2.05) is 37.3 Å². The SMILES string of the molecule is CC(Nc1cc(C(=O)Nc2cccc(C(F)(F)F)c2)ccn1)c1ccccc1. The van der Waals surface area contributed by atoms with Gasteiger partial charge in [0, 0.05) is 23.5 Å². The number of halogens is 3. The van der Waals surface area contributed by atoms with Gasteiger partial charge in [-0.25, -0.2) is 4.98 Å². The zero-order valence-electron chi connectivity index (χ0n) is 15.0. The van der Waals surface area contributed by atoms with Crippen LogP contribution in [0.5, 0.6) is 0 Å². The lowest BCUT2D eigenvalue weighted by Crippen LogP contribution is -2.14. The molecule has 1 amide bonds. The second kappa shape index (κ2) is 8.12. The van der Waals surface area contributed by atoms with Crippen LogP contribution < -0.4 is 10.6 Å². The molecule has 0 aliphatic heterocycles. The summed E-state index contributed by atoms with van der Waals surface area (Å²) in [5.74, 6) is -0.0230. The lowest BCUT2D eigenvalue weighted by atomic mass is 10.1. The minimum Gasteiger partial charge on any atom is -0.364 e. The zero-order chi connectivity index (χ0) is 20.1. The molecular weight excluding hydrogens is 367 g/mol. The van der Waals surface area contributed by atoms with Crippen molar-refractivity contribution in [3.8, 4) is 0 Å². The van der Waals surface area contributed by atoms with Gasteiger partial charge in [0.05, 0.1) is 5.56 Å². The minimum atomic E-state index is -4.47. The molecule has 28 heavy (non-hydrogen) atoms. The molecule has 1 aromatic heterocycles. The molecule has 0 aliphatic carbocycles. The highest BCUT2D eigenvalue weighted by Gasteiger charge is 2.30. The van der Waals surface area contributed by atoms with Crippen LogP contribution in [0.15, 0.2) is 72.9 Å². The Kier molecular flexibility index (Phi) is 5.63. The molecular formula is C21H18F3N3O. The summed E-state index contributed by atoms with van der Waals surface area (Å²) in [6.07, 6.45) is -3.00. The predicted octanol–water partition coefficient (Wildman–Crippen LogP) is 5.53. The van der Waals surface area contributed by atoms with Crippen molar-refractivity contribution in [2.75, 3.05) is 10.6 Å². The summed E-state index contributed by atoms with van der Waals surface area (Å²) < 4.78 is 38.4. The first kappa shape index (κ1) is 19.4. The molecule has 3 rings (SSSR count). The molecule has 2 N–H and O–H groups in total. The summed E-state index contributed by atoms with van der Waals surface area (Å²) in [5.41, 5.74) is 0.598. The fraction of sp³-hybridized carbons (Fsp3) is 0.143. The number of pyridine rings is 1. The lowest BCUT2D eigenvalue weighted by Gasteiger charge is -2.15. The average Bonchev–Trinajstić information content (AvgIpc) is 2.68. The number of amides is 1. The lowest BCUT2D eigenvalue weighted by molar-refractivity contribution is -0.137. The van der Waals surface area contributed by atoms with E-state index >= 15 is 0 Å². The first-order chi connectivity index (χ1) is 13.3. The van der Waals surface area contributed by atoms with Crippen LogP contribution in [-0.4, -0.2) is 10.9 Å². The van der Waals surface area contributed by atoms with Gasteiger partial charge >= 0.3 is 6.18 Å². The van der Waals surface area contributed by atoms with Gasteiger partial charge in [-0.05, 0) is 42.8 Å². The summed E-state index contributed by atoms with van der Waals surface area (Å²) in [5, 5.41) is 5.69. The first-order valence-corrected chi connectivity index (χ1v) is 8.59. The average molecular weight is 385 g/mol. The molecule has 144 valence electrons. The zero-order valence-corrected chi connectivity index (χ0v) is 15.0. The van der Waals surface area contributed by atoms with Crippen LogP contribution in [0.2, 0.25) is 0 Å². The highest BCUT2D eigenvalue weighted by atomic mass is 19.4. The molecule has 0 bridgehead atoms. The van der Waals surface area contributed by atoms with E-state index in [0.29, 0.717) is 5.82 Å². The van der Waals surface area contributed by atoms with E-state index in [0.717, 1.165) is 17.7 Å². The van der Waals surface area contributed by atoms with Crippen molar-refractivity contribution in [1.82, 2.24) is 4.98 Å². The third kappa shape index (κ3) is 4.88. The van der Waals surface area contributed by atoms with E-state index in [9.17, 15) is 18.0 Å². The Balaban J connectivity index is 1.72. The van der Waals surface area contributed by atoms with Gasteiger partial charge in [0.2, 0.25) is 0 Å². The van der Waals surface area contributed by atoms with Crippen LogP contribution in [0.1, 0.15) is 34.5 Å². The monoisotopic (exact) mass is 385 g/mol. The summed E-state index contributed by atoms with van der Waals surface area (Å²) >= 11 is 0. The van der Waals surface area contributed by atoms with Gasteiger partial charge in [0.1, 0.15) is 5.82 Å². The molecule has 0 fully saturated rings. The molecule has 1 heterocycles. The van der Waals surface area contributed by atoms with Crippen LogP contribution in [0, 0.1) is 0 Å². The smallest absolute Gasteiger partial charge is 0.364 e. The molecule has 7 heteroatoms. The van der Waals surface area contributed by atoms with Crippen molar-refractivity contribution < 1.29 is 18.0 Å². The Morgan fingerprint density at radius 3 is 2.46 bits per heavy atom. The molecule has 0 aliphatic rings. The number of hydrogen-bond donors (Lipinski definition) is 2. The second-order valence-electron chi connectivity index (χ2n) is 6.24. The topological polar surface area (TPSA) is 54.0 Å². The number of alkyl halides is 3. The van der Waals surface area contributed by atoms with Crippen LogP contribution in [-0.2, 0) is 6.18 Å². The number of carbonyl (C=O) groups excluding carboxylic acids is 1. The number of hydrogen-bond acceptors (Lipinski definition) is 3. The number of benzene rings is 2. The molecule has 0 saturated heterocycles. The molecule has 0 radical (unpaired) electrons. The van der Waals surface area contributed by atoms with E-state index < -0.39 is 17.6 Å². The number of anilines is 2. The van der Waals surface area contributed by atoms with Gasteiger partial charge in [-0.2, -0.15) is 13.2 Å². The van der Waals surface area contributed by atoms with Crippen molar-refractivity contribution in [2.45, 2.75) is 19.1 Å². The van der Waals surface area contributed by atoms with Gasteiger partial charge in [-0.15, -0.1) is 0 Å². The second-order valence-corrected chi connectivity index (χ2v) is 6.24. The first-order valence-electron chi connectivity index (χ1n) is 8.59. The molecule has 3 aromatic rings. The van der Waals surface area contributed by atoms with E-state index in [4.69, 9.17) is 0 Å². The third-order valence-corrected chi connectivity index (χ3v) is 4.13. The van der Waals surface area contributed by atoms with Gasteiger partial charge in [-0.3, -0.25) is 4.79 Å². The Bertz CT molecular complexity index is 958. The van der Waals surface area contributed by atoms with Crippen LogP contribution in [0.4, 0.5) is 24.7 Å². The Labute approximate surface area is 160 Å². The van der Waals surface area contributed by atoms with Gasteiger partial charge in [-0.1, -0.05) is 36.4 Å². The molecule has 1 unspecified atom stereocenters. The van der Waals surface area contributed by atoms with E-state index in [2.05, 4.69) is 15.6 Å². The van der Waals surface area contributed by atoms with E-state index in [1.54, 1.807) is 6.07 Å². The number of aromatic nitrogens is 1. The molecule has 0 spiro atoms. The number of carbonyl (C=O) groups is 1. The van der Waals surface area contributed by atoms with Crippen molar-refractivity contribution in [3.05, 3.63) is 89.6 Å². The van der Waals surface area contributed by atoms with E-state index in [1.165, 1.54) is 24.4 Å². The van der Waals surface area contributed by atoms with Crippen molar-refractivity contribution in [3.63, 3.8) is 0 Å². The summed E-state index contributed by atoms with van der Waals surface area (Å²) in [4.78, 5) is 16.6. The Morgan fingerprint density at radius 1 is 1.00 bits per heavy atom. The number of nitrogens with zero attached hydrogens (tertiary/aromatic N) is 1. The normalized spacial score (nSPS) is 12.3. The van der Waals surface area contributed by atoms with Crippen molar-refractivity contribution in [1.29, 1.82) is 0 Å². The Morgan fingerprint density at radius 2 is 1.75 bits per heavy atom. The number of rotatable bonds is 5. The highest BCUT2D eigenvalue weighted by Crippen LogP contribution is 2.30. The molecule has 4 nitrogen and oxygen atoms in total. The molecule has 0 saturated carbocycles. The fourth-order valence-corrected chi connectivity index (χ4v) is 2.67. The molecule has 1 atom stereocenters. The standard InChI is InChI=1S/C21H18F3N3O/c1-14(15-6-3-2-4-7-15)26-19-12-16(10-11-25-19)20(28)27-18-9-5-8-17(13-18)21(22,23)24/h2-14H,1H3,(H,25,26)(H,27,28). The minimum absolute atomic E-state index is 0.0320. The van der Waals surface area contributed by atoms with Crippen molar-refractivity contribution in [2.24, 2.45) is 0 Å². The maximum Gasteiger partial charge on any atom is 0.416 e. The van der Waals surface area contributed by atoms with Gasteiger partial charge in [0.25, 0.3) is 5.91 Å². The largest absolute Gasteiger partial charge is 0.416 e. The maximum absolute atomic E-state index is 12.8. The third-order valence-electron chi connectivity index (χ3n) is 4.13. The highest BCUT2D eigenvalue weighted by molar-refractivity contribution is 6.04. The maximum atomic E-state index is 12.8. The number of nitrogens with one attached hydrogen (secondary N) is 2. The van der Waals surface area contributed by atoms with Crippen LogP contribution in [0.25, 0.3) is 0 Å². The van der Waals surface area contributed by atoms with Crippen molar-refractivity contribution >= 4 is 17.4 Å². The predicted molar refractivity (Wildman–Crippen MR) is 102 cm³/mol. The Hall–Kier alpha value is -3.35. The summed E-state index contributed by atoms with van der Waals surface area (Å²) in [6, 6.07) is 17.3. The molecule has 2 aromatic carbocycles. The summed E-state index contributed by atoms with van der Waals surface area (Å²) in [7, 11) is 0. The van der Waals surface area contributed by atoms with Crippen LogP contribution in [0.3, 0.4) is 0 Å². The van der Waals surface area contributed by atoms with E-state index in [-0.39, 0.29) is 17.3 Å².